The fourth-order valence-electron chi connectivity index (χ4n) is 2.83. The van der Waals surface area contributed by atoms with Gasteiger partial charge >= 0.3 is 6.09 Å². The summed E-state index contributed by atoms with van der Waals surface area (Å²) in [7, 11) is 1.57. The minimum atomic E-state index is -0.774. The predicted molar refractivity (Wildman–Crippen MR) is 117 cm³/mol. The monoisotopic (exact) mass is 434 g/mol. The van der Waals surface area contributed by atoms with Crippen molar-refractivity contribution in [1.29, 1.82) is 0 Å². The van der Waals surface area contributed by atoms with Gasteiger partial charge < -0.3 is 14.2 Å². The van der Waals surface area contributed by atoms with Gasteiger partial charge in [0.25, 0.3) is 5.91 Å². The number of cyclic esters (lactones) is 1. The fraction of sp³-hybridized carbons (Fsp3) is 0.0870. The Kier molecular flexibility index (Phi) is 6.09. The minimum absolute atomic E-state index is 0.0497. The third-order valence-electron chi connectivity index (χ3n) is 4.31. The number of benzene rings is 2. The highest BCUT2D eigenvalue weighted by Gasteiger charge is 2.25. The zero-order valence-corrected chi connectivity index (χ0v) is 17.3. The van der Waals surface area contributed by atoms with Crippen LogP contribution in [0.5, 0.6) is 11.5 Å². The first-order chi connectivity index (χ1) is 15.1. The van der Waals surface area contributed by atoms with Crippen LogP contribution in [0.1, 0.15) is 11.3 Å². The molecule has 1 saturated heterocycles. The van der Waals surface area contributed by atoms with Crippen LogP contribution in [0, 0.1) is 0 Å². The molecule has 3 aromatic rings. The summed E-state index contributed by atoms with van der Waals surface area (Å²) in [4.78, 5) is 27.1. The lowest BCUT2D eigenvalue weighted by Crippen LogP contribution is -2.18. The maximum atomic E-state index is 11.4. The van der Waals surface area contributed by atoms with Crippen molar-refractivity contribution in [2.24, 2.45) is 0 Å². The normalized spacial score (nSPS) is 14.7. The fourth-order valence-corrected chi connectivity index (χ4v) is 3.64. The van der Waals surface area contributed by atoms with Crippen LogP contribution in [0.15, 0.2) is 71.8 Å². The van der Waals surface area contributed by atoms with Gasteiger partial charge in [0.2, 0.25) is 0 Å². The standard InChI is InChI=1S/C23H18N2O5S/c1-28-20-12-15(6-5-9-19-21(26)25-23(27)30-19)10-11-18(20)29-13-17-14-31-22(24-17)16-7-3-2-4-8-16/h2-12,14H,13H2,1H3,(H,25,26,27). The number of carbonyl (C=O) groups is 2. The number of nitrogens with zero attached hydrogens (tertiary/aromatic N) is 1. The van der Waals surface area contributed by atoms with E-state index in [1.807, 2.05) is 53.2 Å². The van der Waals surface area contributed by atoms with E-state index in [2.05, 4.69) is 4.98 Å². The molecule has 0 bridgehead atoms. The van der Waals surface area contributed by atoms with Gasteiger partial charge in [0.1, 0.15) is 11.6 Å². The molecule has 1 fully saturated rings. The highest BCUT2D eigenvalue weighted by molar-refractivity contribution is 7.13. The summed E-state index contributed by atoms with van der Waals surface area (Å²) in [5.41, 5.74) is 2.74. The van der Waals surface area contributed by atoms with Gasteiger partial charge in [0, 0.05) is 10.9 Å². The molecule has 0 aliphatic carbocycles. The number of rotatable bonds is 7. The number of nitrogens with one attached hydrogen (secondary N) is 1. The number of hydrogen-bond donors (Lipinski definition) is 1. The van der Waals surface area contributed by atoms with E-state index in [1.165, 1.54) is 6.08 Å². The quantitative estimate of drug-likeness (QED) is 0.549. The molecule has 1 aromatic heterocycles. The van der Waals surface area contributed by atoms with Gasteiger partial charge in [-0.05, 0) is 23.8 Å². The Balaban J connectivity index is 1.41. The van der Waals surface area contributed by atoms with Crippen LogP contribution in [-0.4, -0.2) is 24.1 Å². The van der Waals surface area contributed by atoms with Crippen molar-refractivity contribution in [3.8, 4) is 22.1 Å². The Morgan fingerprint density at radius 3 is 2.71 bits per heavy atom. The smallest absolute Gasteiger partial charge is 0.419 e. The Bertz CT molecular complexity index is 1170. The molecule has 0 spiro atoms. The van der Waals surface area contributed by atoms with Gasteiger partial charge in [-0.15, -0.1) is 11.3 Å². The van der Waals surface area contributed by atoms with Crippen molar-refractivity contribution in [2.75, 3.05) is 7.11 Å². The minimum Gasteiger partial charge on any atom is -0.493 e. The summed E-state index contributed by atoms with van der Waals surface area (Å²) < 4.78 is 16.1. The summed E-state index contributed by atoms with van der Waals surface area (Å²) in [5.74, 6) is 0.550. The first-order valence-electron chi connectivity index (χ1n) is 9.34. The van der Waals surface area contributed by atoms with Crippen LogP contribution < -0.4 is 14.8 Å². The summed E-state index contributed by atoms with van der Waals surface area (Å²) in [5, 5.41) is 4.96. The second-order valence-corrected chi connectivity index (χ2v) is 7.30. The summed E-state index contributed by atoms with van der Waals surface area (Å²) in [6, 6.07) is 15.5. The first-order valence-corrected chi connectivity index (χ1v) is 10.2. The Hall–Kier alpha value is -3.91. The summed E-state index contributed by atoms with van der Waals surface area (Å²) in [6.07, 6.45) is 4.02. The lowest BCUT2D eigenvalue weighted by molar-refractivity contribution is -0.116. The summed E-state index contributed by atoms with van der Waals surface area (Å²) in [6.45, 7) is 0.321. The number of hydrogen-bond acceptors (Lipinski definition) is 7. The molecule has 0 unspecified atom stereocenters. The maximum absolute atomic E-state index is 11.4. The van der Waals surface area contributed by atoms with Crippen LogP contribution in [0.3, 0.4) is 0 Å². The van der Waals surface area contributed by atoms with E-state index in [4.69, 9.17) is 14.2 Å². The van der Waals surface area contributed by atoms with Gasteiger partial charge in [-0.3, -0.25) is 10.1 Å². The molecule has 2 aromatic carbocycles. The number of thiazole rings is 1. The van der Waals surface area contributed by atoms with E-state index in [9.17, 15) is 9.59 Å². The maximum Gasteiger partial charge on any atom is 0.419 e. The van der Waals surface area contributed by atoms with Crippen molar-refractivity contribution in [2.45, 2.75) is 6.61 Å². The Morgan fingerprint density at radius 1 is 1.13 bits per heavy atom. The van der Waals surface area contributed by atoms with Crippen LogP contribution in [-0.2, 0) is 16.1 Å². The van der Waals surface area contributed by atoms with Crippen LogP contribution >= 0.6 is 11.3 Å². The molecule has 0 atom stereocenters. The molecule has 156 valence electrons. The second kappa shape index (κ2) is 9.27. The molecule has 0 radical (unpaired) electrons. The molecule has 8 heteroatoms. The molecular weight excluding hydrogens is 416 g/mol. The number of carbonyl (C=O) groups excluding carboxylic acids is 2. The second-order valence-electron chi connectivity index (χ2n) is 6.44. The average Bonchev–Trinajstić information content (AvgIpc) is 3.39. The van der Waals surface area contributed by atoms with Gasteiger partial charge in [-0.25, -0.2) is 9.78 Å². The van der Waals surface area contributed by atoms with Crippen molar-refractivity contribution < 1.29 is 23.8 Å². The number of ether oxygens (including phenoxy) is 3. The highest BCUT2D eigenvalue weighted by Crippen LogP contribution is 2.30. The van der Waals surface area contributed by atoms with E-state index < -0.39 is 12.0 Å². The lowest BCUT2D eigenvalue weighted by atomic mass is 10.2. The average molecular weight is 434 g/mol. The third kappa shape index (κ3) is 4.99. The first kappa shape index (κ1) is 20.4. The number of imide groups is 1. The third-order valence-corrected chi connectivity index (χ3v) is 5.25. The Morgan fingerprint density at radius 2 is 1.97 bits per heavy atom. The zero-order valence-electron chi connectivity index (χ0n) is 16.5. The van der Waals surface area contributed by atoms with Crippen molar-refractivity contribution in [3.05, 3.63) is 83.1 Å². The van der Waals surface area contributed by atoms with Crippen LogP contribution in [0.25, 0.3) is 16.6 Å². The molecule has 4 rings (SSSR count). The number of methoxy groups -OCH3 is 1. The number of alkyl carbamates (subject to hydrolysis) is 1. The topological polar surface area (TPSA) is 86.8 Å². The zero-order chi connectivity index (χ0) is 21.6. The predicted octanol–water partition coefficient (Wildman–Crippen LogP) is 4.56. The highest BCUT2D eigenvalue weighted by atomic mass is 32.1. The number of aromatic nitrogens is 1. The van der Waals surface area contributed by atoms with E-state index in [1.54, 1.807) is 36.7 Å². The molecule has 31 heavy (non-hydrogen) atoms. The summed E-state index contributed by atoms with van der Waals surface area (Å²) >= 11 is 1.57. The van der Waals surface area contributed by atoms with Crippen LogP contribution in [0.2, 0.25) is 0 Å². The SMILES string of the molecule is COc1cc(C=CC=C2OC(=O)NC2=O)ccc1OCc1csc(-c2ccccc2)n1. The van der Waals surface area contributed by atoms with Gasteiger partial charge in [-0.2, -0.15) is 0 Å². The van der Waals surface area contributed by atoms with Gasteiger partial charge in [0.05, 0.1) is 12.8 Å². The molecule has 0 saturated carbocycles. The number of allylic oxidation sites excluding steroid dienone is 2. The van der Waals surface area contributed by atoms with E-state index >= 15 is 0 Å². The van der Waals surface area contributed by atoms with E-state index in [-0.39, 0.29) is 5.76 Å². The molecule has 1 N–H and O–H groups in total. The molecule has 1 aliphatic heterocycles. The molecule has 2 heterocycles. The van der Waals surface area contributed by atoms with Gasteiger partial charge in [-0.1, -0.05) is 48.6 Å². The Labute approximate surface area is 182 Å². The van der Waals surface area contributed by atoms with Crippen molar-refractivity contribution >= 4 is 29.4 Å². The molecule has 1 aliphatic rings. The number of amides is 2. The molecule has 2 amide bonds. The van der Waals surface area contributed by atoms with Crippen molar-refractivity contribution in [3.63, 3.8) is 0 Å². The lowest BCUT2D eigenvalue weighted by Gasteiger charge is -2.10. The van der Waals surface area contributed by atoms with Gasteiger partial charge in [0.15, 0.2) is 17.3 Å². The molecular formula is C23H18N2O5S. The molecule has 7 nitrogen and oxygen atoms in total. The van der Waals surface area contributed by atoms with E-state index in [0.29, 0.717) is 18.1 Å². The van der Waals surface area contributed by atoms with Crippen LogP contribution in [0.4, 0.5) is 4.79 Å². The van der Waals surface area contributed by atoms with Crippen molar-refractivity contribution in [1.82, 2.24) is 10.3 Å². The van der Waals surface area contributed by atoms with E-state index in [0.717, 1.165) is 21.8 Å². The largest absolute Gasteiger partial charge is 0.493 e.